The van der Waals surface area contributed by atoms with E-state index in [1.807, 2.05) is 0 Å². The van der Waals surface area contributed by atoms with Crippen LogP contribution in [0.4, 0.5) is 0 Å². The van der Waals surface area contributed by atoms with E-state index in [0.29, 0.717) is 0 Å². The van der Waals surface area contributed by atoms with Gasteiger partial charge in [0.05, 0.1) is 0 Å². The molecule has 0 heterocycles. The summed E-state index contributed by atoms with van der Waals surface area (Å²) < 4.78 is 9.55. The predicted octanol–water partition coefficient (Wildman–Crippen LogP) is 0.0384. The van der Waals surface area contributed by atoms with Gasteiger partial charge < -0.3 is 0 Å². The molecule has 0 aromatic heterocycles. The zero-order valence-electron chi connectivity index (χ0n) is 2.77. The van der Waals surface area contributed by atoms with Crippen LogP contribution >= 0.6 is 8.10 Å². The van der Waals surface area contributed by atoms with Gasteiger partial charge in [0.15, 0.2) is 0 Å². The van der Waals surface area contributed by atoms with Gasteiger partial charge in [-0.3, -0.25) is 0 Å². The van der Waals surface area contributed by atoms with Crippen molar-refractivity contribution in [1.29, 1.82) is 0 Å². The molecule has 0 saturated heterocycles. The van der Waals surface area contributed by atoms with Crippen molar-refractivity contribution in [2.75, 3.05) is 0 Å². The van der Waals surface area contributed by atoms with Crippen LogP contribution in [0.1, 0.15) is 0 Å². The monoisotopic (exact) mass is 105 g/mol. The maximum absolute atomic E-state index is 9.55. The van der Waals surface area contributed by atoms with Crippen LogP contribution in [0.2, 0.25) is 0 Å². The Balaban J connectivity index is 3.30. The van der Waals surface area contributed by atoms with E-state index in [-0.39, 0.29) is 0 Å². The Hall–Kier alpha value is -0.540. The maximum Gasteiger partial charge on any atom is 0.292 e. The molecule has 0 aliphatic rings. The highest BCUT2D eigenvalue weighted by Crippen LogP contribution is 2.06. The van der Waals surface area contributed by atoms with Crippen molar-refractivity contribution in [3.8, 4) is 0 Å². The van der Waals surface area contributed by atoms with E-state index >= 15 is 0 Å². The van der Waals surface area contributed by atoms with Gasteiger partial charge in [0.2, 0.25) is 0 Å². The van der Waals surface area contributed by atoms with Crippen molar-refractivity contribution in [1.82, 2.24) is 5.84 Å². The van der Waals surface area contributed by atoms with E-state index in [4.69, 9.17) is 5.84 Å². The molecule has 0 saturated carbocycles. The van der Waals surface area contributed by atoms with Gasteiger partial charge in [0, 0.05) is 0 Å². The predicted molar refractivity (Wildman–Crippen MR) is 18.8 cm³/mol. The molecular formula is H2N4OP. The number of rotatable bonds is 1. The van der Waals surface area contributed by atoms with E-state index in [9.17, 15) is 4.57 Å². The van der Waals surface area contributed by atoms with Crippen LogP contribution in [0.15, 0.2) is 10.1 Å². The standard InChI is InChI=1S/H2N4OP/c1-3-4-6(2)5/h(H2,2,5). The molecule has 0 aliphatic carbocycles. The van der Waals surface area contributed by atoms with E-state index in [1.54, 1.807) is 0 Å². The fraction of sp³-hybridized carbons (Fsp3) is 0. The zero-order chi connectivity index (χ0) is 4.99. The molecule has 2 N–H and O–H groups in total. The quantitative estimate of drug-likeness (QED) is 0.289. The van der Waals surface area contributed by atoms with Gasteiger partial charge in [-0.2, -0.15) is 0 Å². The normalized spacial score (nSPS) is 12.5. The van der Waals surface area contributed by atoms with Crippen molar-refractivity contribution in [2.45, 2.75) is 0 Å². The van der Waals surface area contributed by atoms with Crippen molar-refractivity contribution >= 4 is 8.10 Å². The Labute approximate surface area is 35.3 Å². The molecule has 6 heteroatoms. The minimum Gasteiger partial charge on any atom is -0.242 e. The Kier molecular flexibility index (Phi) is 2.44. The van der Waals surface area contributed by atoms with Crippen LogP contribution in [0.3, 0.4) is 0 Å². The molecule has 0 aliphatic heterocycles. The van der Waals surface area contributed by atoms with Crippen molar-refractivity contribution in [3.63, 3.8) is 0 Å². The molecule has 5 nitrogen and oxygen atoms in total. The Morgan fingerprint density at radius 2 is 2.33 bits per heavy atom. The smallest absolute Gasteiger partial charge is 0.242 e. The van der Waals surface area contributed by atoms with E-state index < -0.39 is 8.10 Å². The minimum absolute atomic E-state index is 2.14. The summed E-state index contributed by atoms with van der Waals surface area (Å²) in [7, 11) is -2.14. The first-order valence-electron chi connectivity index (χ1n) is 1.04. The van der Waals surface area contributed by atoms with Crippen molar-refractivity contribution in [2.24, 2.45) is 15.6 Å². The molecule has 0 amide bonds. The summed E-state index contributed by atoms with van der Waals surface area (Å²) >= 11 is 0. The second-order valence-electron chi connectivity index (χ2n) is 0.481. The topological polar surface area (TPSA) is 90.1 Å². The second-order valence-corrected chi connectivity index (χ2v) is 1.27. The van der Waals surface area contributed by atoms with Crippen LogP contribution in [-0.4, -0.2) is 0 Å². The highest BCUT2D eigenvalue weighted by molar-refractivity contribution is 7.40. The Morgan fingerprint density at radius 3 is 2.33 bits per heavy atom. The van der Waals surface area contributed by atoms with Gasteiger partial charge in [-0.1, -0.05) is 4.88 Å². The molecule has 0 spiro atoms. The molecule has 1 atom stereocenters. The number of hydrogen-bond donors (Lipinski definition) is 1. The zero-order valence-corrected chi connectivity index (χ0v) is 3.67. The minimum atomic E-state index is -2.14. The van der Waals surface area contributed by atoms with E-state index in [0.717, 1.165) is 0 Å². The second kappa shape index (κ2) is 2.68. The Morgan fingerprint density at radius 1 is 1.83 bits per heavy atom. The summed E-state index contributed by atoms with van der Waals surface area (Å²) in [5, 5.41) is 2.15. The van der Waals surface area contributed by atoms with Crippen molar-refractivity contribution in [3.05, 3.63) is 0 Å². The highest BCUT2D eigenvalue weighted by Gasteiger charge is 1.76. The van der Waals surface area contributed by atoms with Crippen LogP contribution in [0, 0.1) is 0 Å². The third-order valence-electron chi connectivity index (χ3n) is 0.128. The average Bonchev–Trinajstić information content (AvgIpc) is 1.35. The Bertz CT molecular complexity index is 75.6. The van der Waals surface area contributed by atoms with Gasteiger partial charge in [-0.15, -0.1) is 0 Å². The third kappa shape index (κ3) is 3.46. The molecule has 0 aromatic rings. The average molecular weight is 105 g/mol. The van der Waals surface area contributed by atoms with Crippen LogP contribution < -0.4 is 11.3 Å². The van der Waals surface area contributed by atoms with Crippen LogP contribution in [0.5, 0.6) is 0 Å². The molecule has 33 valence electrons. The summed E-state index contributed by atoms with van der Waals surface area (Å²) in [4.78, 5) is 2.59. The molecule has 3 radical (unpaired) electrons. The lowest BCUT2D eigenvalue weighted by molar-refractivity contribution is 0.587. The van der Waals surface area contributed by atoms with Gasteiger partial charge in [-0.05, 0) is 11.1 Å². The summed E-state index contributed by atoms with van der Waals surface area (Å²) in [5.74, 6) is 7.43. The third-order valence-corrected chi connectivity index (χ3v) is 0.384. The van der Waals surface area contributed by atoms with Crippen LogP contribution in [0.25, 0.3) is 0 Å². The van der Waals surface area contributed by atoms with Gasteiger partial charge in [0.1, 0.15) is 0 Å². The first kappa shape index (κ1) is 5.46. The fourth-order valence-electron chi connectivity index (χ4n) is 0.0394. The van der Waals surface area contributed by atoms with Crippen LogP contribution in [-0.2, 0) is 4.57 Å². The lowest BCUT2D eigenvalue weighted by atomic mass is 12.8. The summed E-state index contributed by atoms with van der Waals surface area (Å²) in [6.07, 6.45) is 0. The lowest BCUT2D eigenvalue weighted by Crippen LogP contribution is -1.68. The van der Waals surface area contributed by atoms with Gasteiger partial charge in [-0.25, -0.2) is 10.1 Å². The molecule has 0 rings (SSSR count). The SMILES string of the molecule is [N]N=N[P](N)=O. The fourth-order valence-corrected chi connectivity index (χ4v) is 0.118. The van der Waals surface area contributed by atoms with Gasteiger partial charge in [0.25, 0.3) is 8.10 Å². The van der Waals surface area contributed by atoms with Crippen molar-refractivity contribution < 1.29 is 4.57 Å². The molecule has 0 bridgehead atoms. The summed E-state index contributed by atoms with van der Waals surface area (Å²) in [5.41, 5.74) is 4.49. The lowest BCUT2D eigenvalue weighted by Gasteiger charge is -1.66. The summed E-state index contributed by atoms with van der Waals surface area (Å²) in [6, 6.07) is 0. The molecule has 0 aromatic carbocycles. The molecule has 6 heavy (non-hydrogen) atoms. The first-order valence-corrected chi connectivity index (χ1v) is 2.32. The molecule has 0 fully saturated rings. The molecule has 1 unspecified atom stereocenters. The number of nitrogens with two attached hydrogens (primary N) is 1. The molecular weight excluding hydrogens is 103 g/mol. The number of hydrogen-bond acceptors (Lipinski definition) is 2. The van der Waals surface area contributed by atoms with Gasteiger partial charge >= 0.3 is 0 Å². The highest BCUT2D eigenvalue weighted by atomic mass is 31.1. The van der Waals surface area contributed by atoms with E-state index in [1.165, 1.54) is 0 Å². The first-order chi connectivity index (χ1) is 2.77. The number of nitrogens with zero attached hydrogens (tertiary/aromatic N) is 3. The summed E-state index contributed by atoms with van der Waals surface area (Å²) in [6.45, 7) is 0. The largest absolute Gasteiger partial charge is 0.292 e. The van der Waals surface area contributed by atoms with E-state index in [2.05, 4.69) is 15.6 Å². The maximum atomic E-state index is 9.55.